The van der Waals surface area contributed by atoms with Gasteiger partial charge in [-0.3, -0.25) is 14.4 Å². The molecule has 0 aliphatic carbocycles. The van der Waals surface area contributed by atoms with Gasteiger partial charge in [-0.15, -0.1) is 0 Å². The van der Waals surface area contributed by atoms with Gasteiger partial charge >= 0.3 is 5.97 Å². The van der Waals surface area contributed by atoms with Gasteiger partial charge in [0.05, 0.1) is 0 Å². The number of carbonyl (C=O) groups is 3. The van der Waals surface area contributed by atoms with Crippen LogP contribution in [0.15, 0.2) is 36.4 Å². The molecule has 2 rings (SSSR count). The lowest BCUT2D eigenvalue weighted by Crippen LogP contribution is -2.36. The first-order chi connectivity index (χ1) is 13.2. The third-order valence-corrected chi connectivity index (χ3v) is 4.05. The second-order valence-electron chi connectivity index (χ2n) is 6.20. The quantitative estimate of drug-likeness (QED) is 0.743. The second kappa shape index (κ2) is 9.07. The number of hydrogen-bond acceptors (Lipinski definition) is 4. The summed E-state index contributed by atoms with van der Waals surface area (Å²) in [6.07, 6.45) is -1.31. The van der Waals surface area contributed by atoms with E-state index in [1.165, 1.54) is 6.92 Å². The average molecular weight is 390 g/mol. The van der Waals surface area contributed by atoms with Crippen LogP contribution in [0.5, 0.6) is 0 Å². The van der Waals surface area contributed by atoms with E-state index in [1.54, 1.807) is 18.2 Å². The van der Waals surface area contributed by atoms with Crippen molar-refractivity contribution in [1.29, 1.82) is 0 Å². The van der Waals surface area contributed by atoms with Gasteiger partial charge in [-0.05, 0) is 56.2 Å². The van der Waals surface area contributed by atoms with Crippen LogP contribution >= 0.6 is 0 Å². The Hall–Kier alpha value is -3.29. The highest BCUT2D eigenvalue weighted by Gasteiger charge is 2.21. The largest absolute Gasteiger partial charge is 0.451 e. The van der Waals surface area contributed by atoms with Gasteiger partial charge in [0.1, 0.15) is 23.9 Å². The summed E-state index contributed by atoms with van der Waals surface area (Å²) in [5.74, 6) is -4.14. The summed E-state index contributed by atoms with van der Waals surface area (Å²) in [5, 5.41) is 4.42. The molecule has 2 aromatic carbocycles. The summed E-state index contributed by atoms with van der Waals surface area (Å²) in [7, 11) is 0. The number of rotatable bonds is 6. The summed E-state index contributed by atoms with van der Waals surface area (Å²) in [4.78, 5) is 35.9. The van der Waals surface area contributed by atoms with Gasteiger partial charge in [-0.25, -0.2) is 8.78 Å². The maximum absolute atomic E-state index is 13.6. The van der Waals surface area contributed by atoms with Crippen molar-refractivity contribution < 1.29 is 27.9 Å². The highest BCUT2D eigenvalue weighted by atomic mass is 19.1. The molecule has 2 N–H and O–H groups in total. The van der Waals surface area contributed by atoms with Crippen LogP contribution in [0.25, 0.3) is 0 Å². The van der Waals surface area contributed by atoms with Crippen LogP contribution in [0, 0.1) is 25.5 Å². The van der Waals surface area contributed by atoms with E-state index in [0.29, 0.717) is 5.56 Å². The normalized spacial score (nSPS) is 11.5. The Bertz CT molecular complexity index is 895. The van der Waals surface area contributed by atoms with Gasteiger partial charge in [-0.2, -0.15) is 0 Å². The topological polar surface area (TPSA) is 84.5 Å². The number of amides is 2. The minimum Gasteiger partial charge on any atom is -0.451 e. The molecule has 0 aliphatic rings. The minimum absolute atomic E-state index is 0.386. The van der Waals surface area contributed by atoms with E-state index in [4.69, 9.17) is 4.74 Å². The maximum atomic E-state index is 13.6. The lowest BCUT2D eigenvalue weighted by atomic mass is 10.1. The molecule has 148 valence electrons. The number of esters is 1. The summed E-state index contributed by atoms with van der Waals surface area (Å²) in [5.41, 5.74) is 1.72. The molecule has 2 amide bonds. The smallest absolute Gasteiger partial charge is 0.326 e. The number of nitrogens with one attached hydrogen (secondary N) is 2. The molecule has 0 aromatic heterocycles. The Kier molecular flexibility index (Phi) is 6.81. The molecule has 1 atom stereocenters. The van der Waals surface area contributed by atoms with Crippen LogP contribution in [0.2, 0.25) is 0 Å². The van der Waals surface area contributed by atoms with Gasteiger partial charge in [0.2, 0.25) is 0 Å². The first kappa shape index (κ1) is 21.0. The molecule has 0 heterocycles. The zero-order chi connectivity index (χ0) is 20.8. The van der Waals surface area contributed by atoms with Gasteiger partial charge in [-0.1, -0.05) is 12.1 Å². The number of halogens is 2. The zero-order valence-corrected chi connectivity index (χ0v) is 15.6. The molecule has 28 heavy (non-hydrogen) atoms. The van der Waals surface area contributed by atoms with Crippen molar-refractivity contribution in [1.82, 2.24) is 5.32 Å². The Balaban J connectivity index is 1.87. The fourth-order valence-corrected chi connectivity index (χ4v) is 2.27. The second-order valence-corrected chi connectivity index (χ2v) is 6.20. The van der Waals surface area contributed by atoms with Crippen molar-refractivity contribution in [3.63, 3.8) is 0 Å². The molecule has 0 saturated heterocycles. The van der Waals surface area contributed by atoms with E-state index in [1.807, 2.05) is 19.2 Å². The number of aryl methyl sites for hydroxylation is 2. The summed E-state index contributed by atoms with van der Waals surface area (Å²) < 4.78 is 32.0. The van der Waals surface area contributed by atoms with E-state index in [0.717, 1.165) is 29.3 Å². The third-order valence-electron chi connectivity index (χ3n) is 4.05. The third kappa shape index (κ3) is 5.35. The van der Waals surface area contributed by atoms with Crippen LogP contribution < -0.4 is 10.6 Å². The Labute approximate surface area is 160 Å². The minimum atomic E-state index is -1.31. The first-order valence-electron chi connectivity index (χ1n) is 8.49. The first-order valence-corrected chi connectivity index (χ1v) is 8.49. The van der Waals surface area contributed by atoms with Gasteiger partial charge in [0.25, 0.3) is 11.8 Å². The van der Waals surface area contributed by atoms with E-state index in [2.05, 4.69) is 5.32 Å². The van der Waals surface area contributed by atoms with Crippen molar-refractivity contribution in [3.8, 4) is 0 Å². The summed E-state index contributed by atoms with van der Waals surface area (Å²) in [6, 6.07) is 8.23. The van der Waals surface area contributed by atoms with E-state index >= 15 is 0 Å². The monoisotopic (exact) mass is 390 g/mol. The summed E-state index contributed by atoms with van der Waals surface area (Å²) in [6.45, 7) is 4.56. The summed E-state index contributed by atoms with van der Waals surface area (Å²) >= 11 is 0. The Morgan fingerprint density at radius 2 is 1.68 bits per heavy atom. The van der Waals surface area contributed by atoms with Crippen LogP contribution in [0.3, 0.4) is 0 Å². The molecule has 0 radical (unpaired) electrons. The molecule has 0 bridgehead atoms. The number of ether oxygens (including phenoxy) is 1. The number of anilines is 1. The highest BCUT2D eigenvalue weighted by molar-refractivity contribution is 5.97. The number of para-hydroxylation sites is 1. The molecule has 8 heteroatoms. The molecule has 0 unspecified atom stereocenters. The fraction of sp³-hybridized carbons (Fsp3) is 0.250. The standard InChI is InChI=1S/C20H20F2N2O4/c1-11-7-8-14(9-12(11)2)20(27)23-10-17(25)28-13(3)19(26)24-18-15(21)5-4-6-16(18)22/h4-9,13H,10H2,1-3H3,(H,23,27)(H,24,26)/t13-/m0/s1. The molecular weight excluding hydrogens is 370 g/mol. The van der Waals surface area contributed by atoms with Crippen LogP contribution in [-0.2, 0) is 14.3 Å². The van der Waals surface area contributed by atoms with Crippen LogP contribution in [-0.4, -0.2) is 30.4 Å². The molecule has 2 aromatic rings. The van der Waals surface area contributed by atoms with E-state index in [-0.39, 0.29) is 0 Å². The maximum Gasteiger partial charge on any atom is 0.326 e. The van der Waals surface area contributed by atoms with Crippen molar-refractivity contribution in [2.45, 2.75) is 26.9 Å². The fourth-order valence-electron chi connectivity index (χ4n) is 2.27. The molecule has 0 fully saturated rings. The van der Waals surface area contributed by atoms with Crippen LogP contribution in [0.1, 0.15) is 28.4 Å². The Morgan fingerprint density at radius 3 is 2.29 bits per heavy atom. The lowest BCUT2D eigenvalue weighted by molar-refractivity contribution is -0.152. The molecule has 0 saturated carbocycles. The number of carbonyl (C=O) groups excluding carboxylic acids is 3. The zero-order valence-electron chi connectivity index (χ0n) is 15.6. The van der Waals surface area contributed by atoms with Gasteiger partial charge < -0.3 is 15.4 Å². The lowest BCUT2D eigenvalue weighted by Gasteiger charge is -2.14. The molecule has 0 aliphatic heterocycles. The average Bonchev–Trinajstić information content (AvgIpc) is 2.64. The number of benzene rings is 2. The van der Waals surface area contributed by atoms with Gasteiger partial charge in [0, 0.05) is 5.56 Å². The van der Waals surface area contributed by atoms with Crippen molar-refractivity contribution in [3.05, 3.63) is 64.7 Å². The number of hydrogen-bond donors (Lipinski definition) is 2. The van der Waals surface area contributed by atoms with Crippen molar-refractivity contribution >= 4 is 23.5 Å². The highest BCUT2D eigenvalue weighted by Crippen LogP contribution is 2.18. The molecule has 0 spiro atoms. The van der Waals surface area contributed by atoms with Crippen LogP contribution in [0.4, 0.5) is 14.5 Å². The molecular formula is C20H20F2N2O4. The van der Waals surface area contributed by atoms with Crippen molar-refractivity contribution in [2.75, 3.05) is 11.9 Å². The van der Waals surface area contributed by atoms with E-state index in [9.17, 15) is 23.2 Å². The predicted molar refractivity (Wildman–Crippen MR) is 98.8 cm³/mol. The Morgan fingerprint density at radius 1 is 1.04 bits per heavy atom. The van der Waals surface area contributed by atoms with Gasteiger partial charge in [0.15, 0.2) is 6.10 Å². The SMILES string of the molecule is Cc1ccc(C(=O)NCC(=O)O[C@@H](C)C(=O)Nc2c(F)cccc2F)cc1C. The van der Waals surface area contributed by atoms with Crippen molar-refractivity contribution in [2.24, 2.45) is 0 Å². The van der Waals surface area contributed by atoms with E-state index < -0.39 is 47.8 Å². The molecule has 6 nitrogen and oxygen atoms in total. The predicted octanol–water partition coefficient (Wildman–Crippen LogP) is 2.88.